The maximum Gasteiger partial charge on any atom is 0.283 e. The molecule has 2 aliphatic rings. The highest BCUT2D eigenvalue weighted by Gasteiger charge is 2.29. The summed E-state index contributed by atoms with van der Waals surface area (Å²) < 4.78 is 0. The average molecular weight is 318 g/mol. The van der Waals surface area contributed by atoms with Crippen LogP contribution in [0.15, 0.2) is 0 Å². The Morgan fingerprint density at radius 3 is 2.68 bits per heavy atom. The van der Waals surface area contributed by atoms with Crippen LogP contribution in [-0.2, 0) is 17.6 Å². The molecule has 0 radical (unpaired) electrons. The number of fused-ring (bicyclic) bond motifs is 1. The van der Waals surface area contributed by atoms with Crippen LogP contribution in [0.25, 0.3) is 0 Å². The molecule has 1 saturated heterocycles. The molecule has 3 rings (SSSR count). The van der Waals surface area contributed by atoms with Gasteiger partial charge in [0.05, 0.1) is 18.7 Å². The highest BCUT2D eigenvalue weighted by Crippen LogP contribution is 2.36. The van der Waals surface area contributed by atoms with Crippen molar-refractivity contribution in [1.29, 1.82) is 5.26 Å². The Balaban J connectivity index is 1.77. The van der Waals surface area contributed by atoms with Gasteiger partial charge in [0.1, 0.15) is 11.1 Å². The van der Waals surface area contributed by atoms with Crippen molar-refractivity contribution in [1.82, 2.24) is 0 Å². The number of rotatable bonds is 3. The van der Waals surface area contributed by atoms with Crippen LogP contribution in [0.5, 0.6) is 0 Å². The van der Waals surface area contributed by atoms with Crippen molar-refractivity contribution in [2.24, 2.45) is 0 Å². The fourth-order valence-electron chi connectivity index (χ4n) is 3.62. The summed E-state index contributed by atoms with van der Waals surface area (Å²) in [5, 5.41) is 13.4. The molecule has 1 aliphatic heterocycles. The summed E-state index contributed by atoms with van der Waals surface area (Å²) in [6.45, 7) is 4.17. The van der Waals surface area contributed by atoms with E-state index in [1.807, 2.05) is 6.92 Å². The molecule has 1 aliphatic carbocycles. The molecule has 118 valence electrons. The van der Waals surface area contributed by atoms with E-state index >= 15 is 0 Å². The highest BCUT2D eigenvalue weighted by molar-refractivity contribution is 7.16. The van der Waals surface area contributed by atoms with Gasteiger partial charge in [-0.25, -0.2) is 0 Å². The van der Waals surface area contributed by atoms with Crippen LogP contribution in [0.4, 0.5) is 5.00 Å². The van der Waals surface area contributed by atoms with Gasteiger partial charge >= 0.3 is 0 Å². The van der Waals surface area contributed by atoms with Crippen molar-refractivity contribution in [3.05, 3.63) is 16.0 Å². The molecule has 22 heavy (non-hydrogen) atoms. The first-order chi connectivity index (χ1) is 10.7. The second kappa shape index (κ2) is 6.80. The Bertz CT molecular complexity index is 596. The lowest BCUT2D eigenvalue weighted by Gasteiger charge is -2.19. The van der Waals surface area contributed by atoms with Crippen LogP contribution in [0.3, 0.4) is 0 Å². The predicted octanol–water partition coefficient (Wildman–Crippen LogP) is 1.89. The van der Waals surface area contributed by atoms with E-state index in [0.29, 0.717) is 0 Å². The molecule has 0 bridgehead atoms. The quantitative estimate of drug-likeness (QED) is 0.836. The van der Waals surface area contributed by atoms with Crippen LogP contribution in [-0.4, -0.2) is 25.0 Å². The summed E-state index contributed by atoms with van der Waals surface area (Å²) in [4.78, 5) is 15.2. The van der Waals surface area contributed by atoms with E-state index in [2.05, 4.69) is 11.4 Å². The van der Waals surface area contributed by atoms with Gasteiger partial charge in [0.15, 0.2) is 6.04 Å². The summed E-state index contributed by atoms with van der Waals surface area (Å²) in [6, 6.07) is 2.30. The molecule has 0 unspecified atom stereocenters. The lowest BCUT2D eigenvalue weighted by Crippen LogP contribution is -3.14. The minimum atomic E-state index is -0.0315. The second-order valence-electron chi connectivity index (χ2n) is 6.46. The van der Waals surface area contributed by atoms with E-state index in [0.717, 1.165) is 42.9 Å². The van der Waals surface area contributed by atoms with Crippen molar-refractivity contribution in [2.45, 2.75) is 57.9 Å². The number of aryl methyl sites for hydroxylation is 1. The minimum Gasteiger partial charge on any atom is -0.325 e. The fraction of sp³-hybridized carbons (Fsp3) is 0.647. The molecule has 1 aromatic rings. The van der Waals surface area contributed by atoms with Gasteiger partial charge in [-0.2, -0.15) is 5.26 Å². The molecule has 0 saturated carbocycles. The summed E-state index contributed by atoms with van der Waals surface area (Å²) in [5.41, 5.74) is 1.92. The molecule has 5 heteroatoms. The Morgan fingerprint density at radius 1 is 1.23 bits per heavy atom. The van der Waals surface area contributed by atoms with Gasteiger partial charge in [0.2, 0.25) is 0 Å². The van der Waals surface area contributed by atoms with Gasteiger partial charge in [0, 0.05) is 17.7 Å². The maximum absolute atomic E-state index is 12.5. The van der Waals surface area contributed by atoms with E-state index in [-0.39, 0.29) is 11.9 Å². The van der Waals surface area contributed by atoms with Gasteiger partial charge in [0.25, 0.3) is 5.91 Å². The monoisotopic (exact) mass is 318 g/mol. The van der Waals surface area contributed by atoms with E-state index in [1.165, 1.54) is 41.0 Å². The first-order valence-corrected chi connectivity index (χ1v) is 9.22. The normalized spacial score (nSPS) is 20.0. The fourth-order valence-corrected chi connectivity index (χ4v) is 4.86. The maximum atomic E-state index is 12.5. The smallest absolute Gasteiger partial charge is 0.283 e. The summed E-state index contributed by atoms with van der Waals surface area (Å²) >= 11 is 1.62. The first-order valence-electron chi connectivity index (χ1n) is 8.40. The van der Waals surface area contributed by atoms with Crippen LogP contribution < -0.4 is 10.2 Å². The summed E-state index contributed by atoms with van der Waals surface area (Å²) in [7, 11) is 0. The molecule has 2 N–H and O–H groups in total. The first kappa shape index (κ1) is 15.5. The molecule has 2 heterocycles. The Morgan fingerprint density at radius 2 is 1.95 bits per heavy atom. The van der Waals surface area contributed by atoms with Gasteiger partial charge in [-0.05, 0) is 38.2 Å². The van der Waals surface area contributed by atoms with E-state index < -0.39 is 0 Å². The van der Waals surface area contributed by atoms with E-state index in [1.54, 1.807) is 11.3 Å². The number of carbonyl (C=O) groups excluding carboxylic acids is 1. The number of hydrogen-bond acceptors (Lipinski definition) is 3. The second-order valence-corrected chi connectivity index (χ2v) is 7.56. The largest absolute Gasteiger partial charge is 0.325 e. The number of hydrogen-bond donors (Lipinski definition) is 2. The Hall–Kier alpha value is -1.38. The van der Waals surface area contributed by atoms with Crippen LogP contribution in [0.1, 0.15) is 55.0 Å². The zero-order chi connectivity index (χ0) is 15.5. The SMILES string of the molecule is C[C@@H](C(=O)Nc1sc2c(c1C#N)CCCCC2)[NH+]1CCCC1. The molecule has 0 aromatic carbocycles. The number of nitriles is 1. The van der Waals surface area contributed by atoms with Crippen molar-refractivity contribution >= 4 is 22.2 Å². The zero-order valence-electron chi connectivity index (χ0n) is 13.2. The number of nitrogens with one attached hydrogen (secondary N) is 2. The minimum absolute atomic E-state index is 0.0315. The highest BCUT2D eigenvalue weighted by atomic mass is 32.1. The number of amides is 1. The predicted molar refractivity (Wildman–Crippen MR) is 88.3 cm³/mol. The molecule has 1 aromatic heterocycles. The van der Waals surface area contributed by atoms with Crippen molar-refractivity contribution < 1.29 is 9.69 Å². The molecule has 4 nitrogen and oxygen atoms in total. The third kappa shape index (κ3) is 3.04. The summed E-state index contributed by atoms with van der Waals surface area (Å²) in [5.74, 6) is 0.0600. The lowest BCUT2D eigenvalue weighted by atomic mass is 10.1. The number of likely N-dealkylation sites (tertiary alicyclic amines) is 1. The molecular weight excluding hydrogens is 294 g/mol. The third-order valence-electron chi connectivity index (χ3n) is 5.02. The Kier molecular flexibility index (Phi) is 4.80. The lowest BCUT2D eigenvalue weighted by molar-refractivity contribution is -0.901. The topological polar surface area (TPSA) is 57.3 Å². The molecule has 0 spiro atoms. The molecular formula is C17H24N3OS+. The van der Waals surface area contributed by atoms with Crippen LogP contribution in [0.2, 0.25) is 0 Å². The zero-order valence-corrected chi connectivity index (χ0v) is 14.0. The molecule has 1 fully saturated rings. The van der Waals surface area contributed by atoms with Crippen molar-refractivity contribution in [2.75, 3.05) is 18.4 Å². The number of thiophene rings is 1. The average Bonchev–Trinajstić information content (AvgIpc) is 3.09. The molecule has 1 atom stereocenters. The van der Waals surface area contributed by atoms with Gasteiger partial charge in [-0.15, -0.1) is 11.3 Å². The third-order valence-corrected chi connectivity index (χ3v) is 6.23. The van der Waals surface area contributed by atoms with Crippen LogP contribution in [0, 0.1) is 11.3 Å². The van der Waals surface area contributed by atoms with Gasteiger partial charge in [-0.1, -0.05) is 6.42 Å². The molecule has 1 amide bonds. The Labute approximate surface area is 136 Å². The standard InChI is InChI=1S/C17H23N3OS/c1-12(20-9-5-6-10-20)16(21)19-17-14(11-18)13-7-3-2-4-8-15(13)22-17/h12H,2-10H2,1H3,(H,19,21)/p+1/t12-/m0/s1. The van der Waals surface area contributed by atoms with E-state index in [9.17, 15) is 10.1 Å². The van der Waals surface area contributed by atoms with Gasteiger partial charge in [-0.3, -0.25) is 4.79 Å². The van der Waals surface area contributed by atoms with Crippen LogP contribution >= 0.6 is 11.3 Å². The number of nitrogens with zero attached hydrogens (tertiary/aromatic N) is 1. The number of quaternary nitrogens is 1. The summed E-state index contributed by atoms with van der Waals surface area (Å²) in [6.07, 6.45) is 8.05. The van der Waals surface area contributed by atoms with Crippen molar-refractivity contribution in [3.8, 4) is 6.07 Å². The number of anilines is 1. The number of carbonyl (C=O) groups is 1. The van der Waals surface area contributed by atoms with E-state index in [4.69, 9.17) is 0 Å². The van der Waals surface area contributed by atoms with Gasteiger partial charge < -0.3 is 10.2 Å². The van der Waals surface area contributed by atoms with Crippen molar-refractivity contribution in [3.63, 3.8) is 0 Å².